The third-order valence-electron chi connectivity index (χ3n) is 5.21. The van der Waals surface area contributed by atoms with E-state index in [2.05, 4.69) is 38.6 Å². The third kappa shape index (κ3) is 4.28. The highest BCUT2D eigenvalue weighted by atomic mass is 32.2. The standard InChI is InChI=1S/C22H25FN4S/c1-2-28-27-7-4-20(5-8-27)26-22-11-18(10-17-3-6-24-15-21(17)22)19-9-16(12-23)13-25-14-19/h3,6,9-11,13-15,20,26H,2,4-5,7-8,12H2,1H3/p+1. The Morgan fingerprint density at radius 2 is 1.96 bits per heavy atom. The maximum absolute atomic E-state index is 13.1. The first-order valence-electron chi connectivity index (χ1n) is 9.83. The van der Waals surface area contributed by atoms with Gasteiger partial charge >= 0.3 is 0 Å². The Morgan fingerprint density at radius 1 is 1.11 bits per heavy atom. The molecule has 0 amide bonds. The van der Waals surface area contributed by atoms with Gasteiger partial charge in [0.15, 0.2) is 0 Å². The minimum atomic E-state index is -0.501. The van der Waals surface area contributed by atoms with E-state index in [0.29, 0.717) is 11.6 Å². The summed E-state index contributed by atoms with van der Waals surface area (Å²) >= 11 is 1.43. The molecule has 0 aliphatic carbocycles. The van der Waals surface area contributed by atoms with Crippen LogP contribution in [0.4, 0.5) is 10.1 Å². The lowest BCUT2D eigenvalue weighted by atomic mass is 9.99. The zero-order valence-electron chi connectivity index (χ0n) is 16.1. The van der Waals surface area contributed by atoms with Crippen molar-refractivity contribution in [1.82, 2.24) is 14.3 Å². The number of nitrogens with one attached hydrogen (secondary N) is 1. The van der Waals surface area contributed by atoms with Crippen molar-refractivity contribution < 1.29 is 4.39 Å². The Morgan fingerprint density at radius 3 is 2.75 bits per heavy atom. The molecule has 0 radical (unpaired) electrons. The molecule has 1 N–H and O–H groups in total. The van der Waals surface area contributed by atoms with Gasteiger partial charge in [0.2, 0.25) is 0 Å². The van der Waals surface area contributed by atoms with Crippen LogP contribution in [-0.4, -0.2) is 39.2 Å². The van der Waals surface area contributed by atoms with Gasteiger partial charge in [0, 0.05) is 66.1 Å². The van der Waals surface area contributed by atoms with E-state index in [-0.39, 0.29) is 0 Å². The van der Waals surface area contributed by atoms with Crippen LogP contribution in [0.3, 0.4) is 0 Å². The fraction of sp³-hybridized carbons (Fsp3) is 0.364. The number of anilines is 1. The monoisotopic (exact) mass is 397 g/mol. The lowest BCUT2D eigenvalue weighted by Crippen LogP contribution is -2.38. The second kappa shape index (κ2) is 8.88. The molecule has 1 fully saturated rings. The maximum Gasteiger partial charge on any atom is 0.122 e. The van der Waals surface area contributed by atoms with Gasteiger partial charge in [-0.05, 0) is 55.0 Å². The minimum absolute atomic E-state index is 0.456. The molecular weight excluding hydrogens is 371 g/mol. The van der Waals surface area contributed by atoms with Crippen LogP contribution in [0.2, 0.25) is 0 Å². The van der Waals surface area contributed by atoms with Crippen molar-refractivity contribution in [3.63, 3.8) is 0 Å². The van der Waals surface area contributed by atoms with Crippen molar-refractivity contribution in [3.05, 3.63) is 54.6 Å². The van der Waals surface area contributed by atoms with Gasteiger partial charge in [0.1, 0.15) is 12.4 Å². The molecule has 1 aliphatic heterocycles. The topological polar surface area (TPSA) is 41.0 Å². The van der Waals surface area contributed by atoms with Gasteiger partial charge in [-0.3, -0.25) is 9.97 Å². The highest BCUT2D eigenvalue weighted by molar-refractivity contribution is 7.76. The highest BCUT2D eigenvalue weighted by Crippen LogP contribution is 2.32. The number of nitrogens with zero attached hydrogens (tertiary/aromatic N) is 3. The van der Waals surface area contributed by atoms with E-state index in [4.69, 9.17) is 0 Å². The molecule has 146 valence electrons. The Labute approximate surface area is 169 Å². The zero-order chi connectivity index (χ0) is 19.3. The molecule has 0 bridgehead atoms. The van der Waals surface area contributed by atoms with Crippen molar-refractivity contribution in [3.8, 4) is 11.1 Å². The van der Waals surface area contributed by atoms with E-state index in [1.165, 1.54) is 17.7 Å². The molecule has 1 aromatic carbocycles. The molecule has 1 saturated heterocycles. The van der Waals surface area contributed by atoms with E-state index in [1.54, 1.807) is 12.4 Å². The van der Waals surface area contributed by atoms with Crippen LogP contribution in [0, 0.1) is 0 Å². The van der Waals surface area contributed by atoms with Crippen LogP contribution in [0.25, 0.3) is 21.9 Å². The Bertz CT molecular complexity index is 941. The molecule has 0 spiro atoms. The Kier molecular flexibility index (Phi) is 6.07. The average Bonchev–Trinajstić information content (AvgIpc) is 2.75. The quantitative estimate of drug-likeness (QED) is 0.495. The third-order valence-corrected chi connectivity index (χ3v) is 6.29. The number of halogens is 1. The first-order chi connectivity index (χ1) is 13.8. The first kappa shape index (κ1) is 19.2. The van der Waals surface area contributed by atoms with E-state index < -0.39 is 6.67 Å². The van der Waals surface area contributed by atoms with E-state index in [1.807, 2.05) is 24.5 Å². The zero-order valence-corrected chi connectivity index (χ0v) is 17.0. The molecule has 2 aromatic heterocycles. The number of rotatable bonds is 6. The molecule has 0 unspecified atom stereocenters. The van der Waals surface area contributed by atoms with Gasteiger partial charge in [-0.25, -0.2) is 4.39 Å². The summed E-state index contributed by atoms with van der Waals surface area (Å²) < 4.78 is 15.6. The number of piperidine rings is 1. The number of aromatic nitrogens is 2. The molecule has 3 aromatic rings. The van der Waals surface area contributed by atoms with Crippen LogP contribution in [0.5, 0.6) is 0 Å². The number of benzene rings is 1. The number of fused-ring (bicyclic) bond motifs is 1. The SMILES string of the molecule is CC[SH+]N1CCC(Nc2cc(-c3cncc(CF)c3)cc3ccncc23)CC1. The predicted octanol–water partition coefficient (Wildman–Crippen LogP) is 4.39. The van der Waals surface area contributed by atoms with Gasteiger partial charge in [0.25, 0.3) is 0 Å². The highest BCUT2D eigenvalue weighted by Gasteiger charge is 2.23. The van der Waals surface area contributed by atoms with Gasteiger partial charge in [0.05, 0.1) is 11.9 Å². The first-order valence-corrected chi connectivity index (χ1v) is 10.9. The van der Waals surface area contributed by atoms with Gasteiger partial charge < -0.3 is 5.32 Å². The maximum atomic E-state index is 13.1. The molecule has 4 rings (SSSR count). The summed E-state index contributed by atoms with van der Waals surface area (Å²) in [5.41, 5.74) is 3.68. The summed E-state index contributed by atoms with van der Waals surface area (Å²) in [5.74, 6) is 1.18. The van der Waals surface area contributed by atoms with Crippen LogP contribution in [0.1, 0.15) is 25.3 Å². The molecule has 1 aliphatic rings. The van der Waals surface area contributed by atoms with Gasteiger partial charge in [-0.2, -0.15) is 0 Å². The summed E-state index contributed by atoms with van der Waals surface area (Å²) in [6.45, 7) is 3.99. The number of alkyl halides is 1. The van der Waals surface area contributed by atoms with E-state index >= 15 is 0 Å². The Balaban J connectivity index is 1.63. The van der Waals surface area contributed by atoms with Crippen molar-refractivity contribution in [1.29, 1.82) is 0 Å². The van der Waals surface area contributed by atoms with Crippen molar-refractivity contribution in [2.45, 2.75) is 32.5 Å². The average molecular weight is 398 g/mol. The summed E-state index contributed by atoms with van der Waals surface area (Å²) in [5, 5.41) is 6.01. The minimum Gasteiger partial charge on any atom is -0.382 e. The number of pyridine rings is 2. The molecule has 3 heterocycles. The largest absolute Gasteiger partial charge is 0.382 e. The second-order valence-electron chi connectivity index (χ2n) is 7.17. The lowest BCUT2D eigenvalue weighted by Gasteiger charge is -2.28. The smallest absolute Gasteiger partial charge is 0.122 e. The summed E-state index contributed by atoms with van der Waals surface area (Å²) in [6.07, 6.45) is 9.39. The number of hydrogen-bond donors (Lipinski definition) is 1. The van der Waals surface area contributed by atoms with Gasteiger partial charge in [-0.1, -0.05) is 0 Å². The van der Waals surface area contributed by atoms with Crippen LogP contribution in [0.15, 0.2) is 49.1 Å². The molecule has 4 nitrogen and oxygen atoms in total. The number of hydrogen-bond acceptors (Lipinski definition) is 4. The molecule has 28 heavy (non-hydrogen) atoms. The fourth-order valence-corrected chi connectivity index (χ4v) is 4.69. The van der Waals surface area contributed by atoms with Crippen molar-refractivity contribution in [2.75, 3.05) is 24.2 Å². The normalized spacial score (nSPS) is 15.8. The van der Waals surface area contributed by atoms with E-state index in [9.17, 15) is 4.39 Å². The predicted molar refractivity (Wildman–Crippen MR) is 117 cm³/mol. The molecule has 0 saturated carbocycles. The van der Waals surface area contributed by atoms with Crippen molar-refractivity contribution in [2.24, 2.45) is 0 Å². The number of thiol groups is 1. The summed E-state index contributed by atoms with van der Waals surface area (Å²) in [7, 11) is 0. The Hall–Kier alpha value is -2.18. The van der Waals surface area contributed by atoms with Crippen LogP contribution >= 0.6 is 0 Å². The summed E-state index contributed by atoms with van der Waals surface area (Å²) in [4.78, 5) is 8.53. The van der Waals surface area contributed by atoms with Crippen LogP contribution < -0.4 is 5.32 Å². The van der Waals surface area contributed by atoms with Crippen LogP contribution in [-0.2, 0) is 18.6 Å². The lowest BCUT2D eigenvalue weighted by molar-refractivity contribution is 0.357. The van der Waals surface area contributed by atoms with Crippen molar-refractivity contribution >= 4 is 28.4 Å². The second-order valence-corrected chi connectivity index (χ2v) is 8.65. The summed E-state index contributed by atoms with van der Waals surface area (Å²) in [6, 6.07) is 8.64. The van der Waals surface area contributed by atoms with E-state index in [0.717, 1.165) is 53.5 Å². The van der Waals surface area contributed by atoms with Gasteiger partial charge in [-0.15, -0.1) is 4.31 Å². The molecule has 6 heteroatoms. The fourth-order valence-electron chi connectivity index (χ4n) is 3.77. The molecular formula is C22H26FN4S+. The molecule has 0 atom stereocenters.